The first kappa shape index (κ1) is 69.1. The molecule has 438 valence electrons. The van der Waals surface area contributed by atoms with E-state index in [0.717, 1.165) is 38.5 Å². The third-order valence-electron chi connectivity index (χ3n) is 14.7. The molecule has 2 heterocycles. The number of ether oxygens (including phenoxy) is 4. The molecule has 0 saturated carbocycles. The average molecular weight is 1070 g/mol. The lowest BCUT2D eigenvalue weighted by Gasteiger charge is -2.46. The zero-order valence-electron chi connectivity index (χ0n) is 47.0. The molecule has 0 aliphatic carbocycles. The first-order chi connectivity index (χ1) is 36.6. The van der Waals surface area contributed by atoms with Crippen molar-refractivity contribution in [1.29, 1.82) is 0 Å². The van der Waals surface area contributed by atoms with Crippen LogP contribution in [0.3, 0.4) is 0 Å². The molecule has 2 saturated heterocycles. The molecular formula is C61H111NO13. The van der Waals surface area contributed by atoms with E-state index in [9.17, 15) is 45.6 Å². The Morgan fingerprint density at radius 1 is 0.480 bits per heavy atom. The zero-order valence-corrected chi connectivity index (χ0v) is 47.0. The van der Waals surface area contributed by atoms with E-state index in [2.05, 4.69) is 55.6 Å². The quantitative estimate of drug-likeness (QED) is 0.0204. The summed E-state index contributed by atoms with van der Waals surface area (Å²) in [6, 6.07) is -0.933. The summed E-state index contributed by atoms with van der Waals surface area (Å²) in [5, 5.41) is 87.1. The maximum absolute atomic E-state index is 13.3. The highest BCUT2D eigenvalue weighted by atomic mass is 16.7. The second-order valence-electron chi connectivity index (χ2n) is 21.5. The van der Waals surface area contributed by atoms with Crippen molar-refractivity contribution in [2.75, 3.05) is 19.8 Å². The lowest BCUT2D eigenvalue weighted by atomic mass is 9.97. The number of carbonyl (C=O) groups excluding carboxylic acids is 1. The maximum atomic E-state index is 13.3. The molecule has 1 amide bonds. The molecular weight excluding hydrogens is 955 g/mol. The van der Waals surface area contributed by atoms with Crippen molar-refractivity contribution < 1.29 is 64.6 Å². The van der Waals surface area contributed by atoms with Crippen LogP contribution in [0.5, 0.6) is 0 Å². The van der Waals surface area contributed by atoms with E-state index in [1.54, 1.807) is 6.08 Å². The van der Waals surface area contributed by atoms with Gasteiger partial charge in [0.15, 0.2) is 12.6 Å². The fourth-order valence-electron chi connectivity index (χ4n) is 9.81. The second kappa shape index (κ2) is 46.8. The van der Waals surface area contributed by atoms with Crippen molar-refractivity contribution in [2.24, 2.45) is 0 Å². The molecule has 12 atom stereocenters. The van der Waals surface area contributed by atoms with Gasteiger partial charge in [0.05, 0.1) is 32.0 Å². The van der Waals surface area contributed by atoms with E-state index in [4.69, 9.17) is 18.9 Å². The fourth-order valence-corrected chi connectivity index (χ4v) is 9.81. The number of amides is 1. The van der Waals surface area contributed by atoms with E-state index in [0.29, 0.717) is 12.8 Å². The fraction of sp³-hybridized carbons (Fsp3) is 0.852. The van der Waals surface area contributed by atoms with Crippen LogP contribution in [-0.2, 0) is 23.7 Å². The summed E-state index contributed by atoms with van der Waals surface area (Å²) in [6.45, 7) is 2.78. The summed E-state index contributed by atoms with van der Waals surface area (Å²) in [7, 11) is 0. The lowest BCUT2D eigenvalue weighted by molar-refractivity contribution is -0.359. The number of rotatable bonds is 48. The summed E-state index contributed by atoms with van der Waals surface area (Å²) in [5.74, 6) is -0.251. The number of aliphatic hydroxyl groups is 8. The molecule has 0 aromatic carbocycles. The SMILES string of the molecule is CCCCCCC/C=C\C/C=C\CCCCCCCCCCCCCC(=O)NC(COC1OC(CO)C(OC2OC(CO)C(O)C(O)C2O)C(O)C1O)C(O)/C=C/CC/C=C/CCCCCCCCCCCCCC. The molecule has 12 unspecified atom stereocenters. The molecule has 75 heavy (non-hydrogen) atoms. The highest BCUT2D eigenvalue weighted by Gasteiger charge is 2.51. The largest absolute Gasteiger partial charge is 0.394 e. The number of aliphatic hydroxyl groups excluding tert-OH is 8. The molecule has 0 aromatic heterocycles. The molecule has 9 N–H and O–H groups in total. The minimum atomic E-state index is -1.79. The van der Waals surface area contributed by atoms with Crippen molar-refractivity contribution in [3.05, 3.63) is 48.6 Å². The Kier molecular flexibility index (Phi) is 43.1. The van der Waals surface area contributed by atoms with Gasteiger partial charge in [0.25, 0.3) is 0 Å². The van der Waals surface area contributed by atoms with Crippen LogP contribution in [0.1, 0.15) is 239 Å². The summed E-state index contributed by atoms with van der Waals surface area (Å²) in [5.41, 5.74) is 0. The first-order valence-corrected chi connectivity index (χ1v) is 30.4. The van der Waals surface area contributed by atoms with Gasteiger partial charge in [-0.15, -0.1) is 0 Å². The van der Waals surface area contributed by atoms with E-state index >= 15 is 0 Å². The summed E-state index contributed by atoms with van der Waals surface area (Å²) in [6.07, 6.45) is 41.5. The minimum Gasteiger partial charge on any atom is -0.394 e. The molecule has 2 rings (SSSR count). The Balaban J connectivity index is 1.77. The summed E-state index contributed by atoms with van der Waals surface area (Å²) in [4.78, 5) is 13.3. The topological polar surface area (TPSA) is 228 Å². The standard InChI is InChI=1S/C61H111NO13/c1-3-5-7-9-11-13-15-17-19-21-23-24-25-26-27-29-31-33-35-37-39-41-43-45-53(66)62-49(50(65)44-42-40-38-36-34-32-30-28-22-20-18-16-14-12-10-8-6-4-2)48-72-60-58(71)56(69)59(52(47-64)74-60)75-61-57(70)55(68)54(67)51(46-63)73-61/h15,17,21,23,34,36,42,44,49-52,54-61,63-65,67-71H,3-14,16,18-20,22,24-33,35,37-41,43,45-48H2,1-2H3,(H,62,66)/b17-15-,23-21-,36-34+,44-42+. The third kappa shape index (κ3) is 32.6. The molecule has 0 radical (unpaired) electrons. The van der Waals surface area contributed by atoms with Crippen molar-refractivity contribution in [1.82, 2.24) is 5.32 Å². The number of nitrogens with one attached hydrogen (secondary N) is 1. The van der Waals surface area contributed by atoms with Crippen LogP contribution < -0.4 is 5.32 Å². The van der Waals surface area contributed by atoms with E-state index in [1.807, 2.05) is 6.08 Å². The Bertz CT molecular complexity index is 1440. The monoisotopic (exact) mass is 1070 g/mol. The van der Waals surface area contributed by atoms with Crippen LogP contribution in [0.15, 0.2) is 48.6 Å². The van der Waals surface area contributed by atoms with Gasteiger partial charge in [-0.2, -0.15) is 0 Å². The highest BCUT2D eigenvalue weighted by molar-refractivity contribution is 5.76. The predicted molar refractivity (Wildman–Crippen MR) is 300 cm³/mol. The first-order valence-electron chi connectivity index (χ1n) is 30.4. The van der Waals surface area contributed by atoms with Gasteiger partial charge in [-0.1, -0.05) is 217 Å². The van der Waals surface area contributed by atoms with Gasteiger partial charge < -0.3 is 65.1 Å². The predicted octanol–water partition coefficient (Wildman–Crippen LogP) is 10.4. The molecule has 2 fully saturated rings. The smallest absolute Gasteiger partial charge is 0.220 e. The number of unbranched alkanes of at least 4 members (excludes halogenated alkanes) is 29. The molecule has 2 aliphatic heterocycles. The molecule has 2 aliphatic rings. The van der Waals surface area contributed by atoms with E-state index in [1.165, 1.54) is 167 Å². The number of carbonyl (C=O) groups is 1. The van der Waals surface area contributed by atoms with Crippen molar-refractivity contribution in [3.63, 3.8) is 0 Å². The Hall–Kier alpha value is -2.05. The molecule has 0 spiro atoms. The Labute approximate surface area is 454 Å². The number of hydrogen-bond acceptors (Lipinski definition) is 13. The normalized spacial score (nSPS) is 25.4. The molecule has 14 nitrogen and oxygen atoms in total. The van der Waals surface area contributed by atoms with Crippen LogP contribution >= 0.6 is 0 Å². The van der Waals surface area contributed by atoms with Gasteiger partial charge in [-0.25, -0.2) is 0 Å². The third-order valence-corrected chi connectivity index (χ3v) is 14.7. The lowest BCUT2D eigenvalue weighted by Crippen LogP contribution is -2.65. The Morgan fingerprint density at radius 2 is 0.893 bits per heavy atom. The maximum Gasteiger partial charge on any atom is 0.220 e. The van der Waals surface area contributed by atoms with E-state index < -0.39 is 86.8 Å². The number of allylic oxidation sites excluding steroid dienone is 7. The van der Waals surface area contributed by atoms with Crippen LogP contribution in [0, 0.1) is 0 Å². The van der Waals surface area contributed by atoms with Gasteiger partial charge in [-0.3, -0.25) is 4.79 Å². The number of hydrogen-bond donors (Lipinski definition) is 9. The molecule has 0 bridgehead atoms. The van der Waals surface area contributed by atoms with Crippen molar-refractivity contribution in [2.45, 2.75) is 312 Å². The molecule has 0 aromatic rings. The van der Waals surface area contributed by atoms with Crippen LogP contribution in [0.2, 0.25) is 0 Å². The zero-order chi connectivity index (χ0) is 54.6. The van der Waals surface area contributed by atoms with Crippen molar-refractivity contribution in [3.8, 4) is 0 Å². The van der Waals surface area contributed by atoms with Gasteiger partial charge in [-0.05, 0) is 64.2 Å². The summed E-state index contributed by atoms with van der Waals surface area (Å²) >= 11 is 0. The van der Waals surface area contributed by atoms with Gasteiger partial charge in [0.2, 0.25) is 5.91 Å². The van der Waals surface area contributed by atoms with Crippen LogP contribution in [0.4, 0.5) is 0 Å². The van der Waals surface area contributed by atoms with Gasteiger partial charge in [0.1, 0.15) is 48.8 Å². The highest BCUT2D eigenvalue weighted by Crippen LogP contribution is 2.30. The van der Waals surface area contributed by atoms with Gasteiger partial charge in [0, 0.05) is 6.42 Å². The van der Waals surface area contributed by atoms with Crippen molar-refractivity contribution >= 4 is 5.91 Å². The average Bonchev–Trinajstić information content (AvgIpc) is 3.41. The Morgan fingerprint density at radius 3 is 1.39 bits per heavy atom. The van der Waals surface area contributed by atoms with E-state index in [-0.39, 0.29) is 18.9 Å². The summed E-state index contributed by atoms with van der Waals surface area (Å²) < 4.78 is 22.8. The van der Waals surface area contributed by atoms with Crippen LogP contribution in [0.25, 0.3) is 0 Å². The second-order valence-corrected chi connectivity index (χ2v) is 21.5. The van der Waals surface area contributed by atoms with Crippen LogP contribution in [-0.4, -0.2) is 140 Å². The van der Waals surface area contributed by atoms with Gasteiger partial charge >= 0.3 is 0 Å². The molecule has 14 heteroatoms. The minimum absolute atomic E-state index is 0.251.